The van der Waals surface area contributed by atoms with Crippen molar-refractivity contribution in [3.8, 4) is 0 Å². The molecule has 4 N–H and O–H groups in total. The summed E-state index contributed by atoms with van der Waals surface area (Å²) in [5.74, 6) is 1.25. The number of aromatic nitrogens is 2. The van der Waals surface area contributed by atoms with Crippen LogP contribution in [-0.2, 0) is 0 Å². The largest absolute Gasteiger partial charge is 0.370 e. The lowest BCUT2D eigenvalue weighted by molar-refractivity contribution is 0.506. The van der Waals surface area contributed by atoms with E-state index in [2.05, 4.69) is 20.3 Å². The second-order valence-corrected chi connectivity index (χ2v) is 4.54. The molecule has 5 heteroatoms. The molecule has 0 saturated heterocycles. The van der Waals surface area contributed by atoms with E-state index in [1.165, 1.54) is 0 Å². The third kappa shape index (κ3) is 4.01. The number of nitrogens with two attached hydrogens (primary N) is 1. The second-order valence-electron chi connectivity index (χ2n) is 4.54. The third-order valence-electron chi connectivity index (χ3n) is 1.75. The SMILES string of the molecule is CC(N=C(N)NC(C)(C)C)c1ncc[nH]1. The van der Waals surface area contributed by atoms with Crippen molar-refractivity contribution in [2.45, 2.75) is 39.3 Å². The minimum atomic E-state index is -0.0729. The van der Waals surface area contributed by atoms with Gasteiger partial charge in [0.05, 0.1) is 0 Å². The number of guanidine groups is 1. The molecule has 1 heterocycles. The Morgan fingerprint density at radius 3 is 2.73 bits per heavy atom. The van der Waals surface area contributed by atoms with Crippen LogP contribution in [0.2, 0.25) is 0 Å². The minimum absolute atomic E-state index is 0.0603. The summed E-state index contributed by atoms with van der Waals surface area (Å²) in [5, 5.41) is 3.10. The molecule has 0 saturated carbocycles. The first-order chi connectivity index (χ1) is 6.88. The van der Waals surface area contributed by atoms with Crippen molar-refractivity contribution < 1.29 is 0 Å². The van der Waals surface area contributed by atoms with Gasteiger partial charge in [-0.15, -0.1) is 0 Å². The van der Waals surface area contributed by atoms with E-state index < -0.39 is 0 Å². The highest BCUT2D eigenvalue weighted by atomic mass is 15.1. The van der Waals surface area contributed by atoms with Crippen LogP contribution in [0.5, 0.6) is 0 Å². The van der Waals surface area contributed by atoms with Gasteiger partial charge in [0.15, 0.2) is 5.96 Å². The van der Waals surface area contributed by atoms with Crippen LogP contribution in [0.4, 0.5) is 0 Å². The summed E-state index contributed by atoms with van der Waals surface area (Å²) in [5.41, 5.74) is 5.69. The van der Waals surface area contributed by atoms with Gasteiger partial charge >= 0.3 is 0 Å². The van der Waals surface area contributed by atoms with E-state index in [0.717, 1.165) is 5.82 Å². The molecule has 0 aliphatic heterocycles. The molecular weight excluding hydrogens is 190 g/mol. The van der Waals surface area contributed by atoms with E-state index in [-0.39, 0.29) is 11.6 Å². The molecule has 0 bridgehead atoms. The maximum atomic E-state index is 5.76. The fraction of sp³-hybridized carbons (Fsp3) is 0.600. The normalized spacial score (nSPS) is 15.1. The molecule has 1 aromatic heterocycles. The van der Waals surface area contributed by atoms with E-state index in [9.17, 15) is 0 Å². The van der Waals surface area contributed by atoms with Crippen molar-refractivity contribution in [3.63, 3.8) is 0 Å². The summed E-state index contributed by atoms with van der Waals surface area (Å²) in [6.45, 7) is 8.04. The standard InChI is InChI=1S/C10H19N5/c1-7(8-12-5-6-13-8)14-9(11)15-10(2,3)4/h5-7H,1-4H3,(H,12,13)(H3,11,14,15). The highest BCUT2D eigenvalue weighted by Gasteiger charge is 2.12. The summed E-state index contributed by atoms with van der Waals surface area (Å²) in [6, 6.07) is -0.0603. The zero-order chi connectivity index (χ0) is 11.5. The molecule has 0 amide bonds. The monoisotopic (exact) mass is 209 g/mol. The van der Waals surface area contributed by atoms with Gasteiger partial charge in [0.1, 0.15) is 11.9 Å². The maximum absolute atomic E-state index is 5.76. The van der Waals surface area contributed by atoms with Crippen LogP contribution in [0.1, 0.15) is 39.6 Å². The summed E-state index contributed by atoms with van der Waals surface area (Å²) in [6.07, 6.45) is 3.48. The number of hydrogen-bond donors (Lipinski definition) is 3. The second kappa shape index (κ2) is 4.33. The van der Waals surface area contributed by atoms with Gasteiger partial charge in [-0.25, -0.2) is 9.98 Å². The fourth-order valence-electron chi connectivity index (χ4n) is 1.19. The van der Waals surface area contributed by atoms with Crippen molar-refractivity contribution in [2.75, 3.05) is 0 Å². The van der Waals surface area contributed by atoms with Crippen LogP contribution in [0, 0.1) is 0 Å². The Bertz CT molecular complexity index is 320. The molecule has 5 nitrogen and oxygen atoms in total. The number of nitrogens with one attached hydrogen (secondary N) is 2. The molecule has 1 rings (SSSR count). The van der Waals surface area contributed by atoms with Crippen molar-refractivity contribution >= 4 is 5.96 Å². The number of aromatic amines is 1. The van der Waals surface area contributed by atoms with Crippen LogP contribution in [0.15, 0.2) is 17.4 Å². The Balaban J connectivity index is 2.63. The van der Waals surface area contributed by atoms with E-state index in [0.29, 0.717) is 5.96 Å². The molecule has 84 valence electrons. The van der Waals surface area contributed by atoms with E-state index in [4.69, 9.17) is 5.73 Å². The Kier molecular flexibility index (Phi) is 3.34. The Hall–Kier alpha value is -1.52. The van der Waals surface area contributed by atoms with Crippen molar-refractivity contribution in [1.29, 1.82) is 0 Å². The van der Waals surface area contributed by atoms with Crippen molar-refractivity contribution in [2.24, 2.45) is 10.7 Å². The van der Waals surface area contributed by atoms with Gasteiger partial charge in [0.2, 0.25) is 0 Å². The smallest absolute Gasteiger partial charge is 0.189 e. The number of hydrogen-bond acceptors (Lipinski definition) is 2. The first kappa shape index (κ1) is 11.6. The van der Waals surface area contributed by atoms with Crippen LogP contribution in [0.25, 0.3) is 0 Å². The van der Waals surface area contributed by atoms with Gasteiger partial charge < -0.3 is 16.0 Å². The number of H-pyrrole nitrogens is 1. The van der Waals surface area contributed by atoms with Gasteiger partial charge in [0.25, 0.3) is 0 Å². The molecule has 1 aromatic rings. The van der Waals surface area contributed by atoms with Crippen molar-refractivity contribution in [3.05, 3.63) is 18.2 Å². The van der Waals surface area contributed by atoms with E-state index >= 15 is 0 Å². The topological polar surface area (TPSA) is 79.1 Å². The molecule has 1 atom stereocenters. The molecule has 15 heavy (non-hydrogen) atoms. The lowest BCUT2D eigenvalue weighted by atomic mass is 10.1. The lowest BCUT2D eigenvalue weighted by Crippen LogP contribution is -2.45. The molecule has 1 unspecified atom stereocenters. The quantitative estimate of drug-likeness (QED) is 0.505. The van der Waals surface area contributed by atoms with Gasteiger partial charge in [-0.3, -0.25) is 0 Å². The maximum Gasteiger partial charge on any atom is 0.189 e. The Morgan fingerprint density at radius 1 is 1.60 bits per heavy atom. The Labute approximate surface area is 90.2 Å². The molecule has 0 aromatic carbocycles. The lowest BCUT2D eigenvalue weighted by Gasteiger charge is -2.21. The number of imidazole rings is 1. The average molecular weight is 209 g/mol. The zero-order valence-electron chi connectivity index (χ0n) is 9.70. The summed E-state index contributed by atoms with van der Waals surface area (Å²) in [4.78, 5) is 11.4. The Morgan fingerprint density at radius 2 is 2.27 bits per heavy atom. The first-order valence-electron chi connectivity index (χ1n) is 4.99. The van der Waals surface area contributed by atoms with Crippen LogP contribution >= 0.6 is 0 Å². The minimum Gasteiger partial charge on any atom is -0.370 e. The predicted octanol–water partition coefficient (Wildman–Crippen LogP) is 1.17. The molecule has 0 radical (unpaired) electrons. The summed E-state index contributed by atoms with van der Waals surface area (Å²) < 4.78 is 0. The fourth-order valence-corrected chi connectivity index (χ4v) is 1.19. The summed E-state index contributed by atoms with van der Waals surface area (Å²) in [7, 11) is 0. The van der Waals surface area contributed by atoms with Gasteiger partial charge in [-0.05, 0) is 27.7 Å². The molecular formula is C10H19N5. The highest BCUT2D eigenvalue weighted by Crippen LogP contribution is 2.10. The number of aliphatic imine (C=N–C) groups is 1. The number of rotatable bonds is 2. The van der Waals surface area contributed by atoms with Crippen LogP contribution in [0.3, 0.4) is 0 Å². The highest BCUT2D eigenvalue weighted by molar-refractivity contribution is 5.78. The third-order valence-corrected chi connectivity index (χ3v) is 1.75. The molecule has 0 aliphatic rings. The predicted molar refractivity (Wildman–Crippen MR) is 61.5 cm³/mol. The van der Waals surface area contributed by atoms with Crippen molar-refractivity contribution in [1.82, 2.24) is 15.3 Å². The van der Waals surface area contributed by atoms with Gasteiger partial charge in [-0.1, -0.05) is 0 Å². The molecule has 0 aliphatic carbocycles. The van der Waals surface area contributed by atoms with Gasteiger partial charge in [-0.2, -0.15) is 0 Å². The van der Waals surface area contributed by atoms with E-state index in [1.807, 2.05) is 27.7 Å². The average Bonchev–Trinajstić information content (AvgIpc) is 2.50. The molecule has 0 spiro atoms. The number of nitrogens with zero attached hydrogens (tertiary/aromatic N) is 2. The molecule has 0 fully saturated rings. The van der Waals surface area contributed by atoms with Crippen LogP contribution in [-0.4, -0.2) is 21.5 Å². The summed E-state index contributed by atoms with van der Waals surface area (Å²) >= 11 is 0. The first-order valence-corrected chi connectivity index (χ1v) is 4.99. The van der Waals surface area contributed by atoms with E-state index in [1.54, 1.807) is 12.4 Å². The zero-order valence-corrected chi connectivity index (χ0v) is 9.70. The van der Waals surface area contributed by atoms with Gasteiger partial charge in [0, 0.05) is 17.9 Å². The van der Waals surface area contributed by atoms with Crippen LogP contribution < -0.4 is 11.1 Å².